The zero-order valence-corrected chi connectivity index (χ0v) is 16.2. The molecule has 140 valence electrons. The summed E-state index contributed by atoms with van der Waals surface area (Å²) in [6.45, 7) is 9.48. The summed E-state index contributed by atoms with van der Waals surface area (Å²) in [5, 5.41) is 3.14. The van der Waals surface area contributed by atoms with Crippen LogP contribution in [-0.2, 0) is 9.31 Å². The first-order valence-electron chi connectivity index (χ1n) is 9.19. The summed E-state index contributed by atoms with van der Waals surface area (Å²) in [5.41, 5.74) is -0.544. The van der Waals surface area contributed by atoms with Crippen molar-refractivity contribution >= 4 is 12.6 Å². The van der Waals surface area contributed by atoms with Gasteiger partial charge in [0.25, 0.3) is 0 Å². The molecule has 0 atom stereocenters. The molecule has 2 rings (SSSR count). The summed E-state index contributed by atoms with van der Waals surface area (Å²) < 4.78 is 31.9. The van der Waals surface area contributed by atoms with E-state index in [4.69, 9.17) is 14.0 Å². The van der Waals surface area contributed by atoms with Crippen molar-refractivity contribution < 1.29 is 18.4 Å². The quantitative estimate of drug-likeness (QED) is 0.548. The van der Waals surface area contributed by atoms with Gasteiger partial charge in [-0.3, -0.25) is 0 Å². The van der Waals surface area contributed by atoms with Crippen LogP contribution in [0.5, 0.6) is 5.75 Å². The summed E-state index contributed by atoms with van der Waals surface area (Å²) >= 11 is 0. The van der Waals surface area contributed by atoms with Crippen LogP contribution in [-0.4, -0.2) is 38.5 Å². The van der Waals surface area contributed by atoms with Crippen LogP contribution in [0.2, 0.25) is 0 Å². The Morgan fingerprint density at radius 2 is 1.68 bits per heavy atom. The van der Waals surface area contributed by atoms with Crippen molar-refractivity contribution in [2.24, 2.45) is 0 Å². The lowest BCUT2D eigenvalue weighted by Crippen LogP contribution is -2.41. The maximum Gasteiger partial charge on any atom is 0.497 e. The van der Waals surface area contributed by atoms with Crippen LogP contribution in [0.25, 0.3) is 0 Å². The topological polar surface area (TPSA) is 39.7 Å². The first-order valence-corrected chi connectivity index (χ1v) is 9.19. The van der Waals surface area contributed by atoms with Crippen molar-refractivity contribution in [3.05, 3.63) is 24.0 Å². The zero-order valence-electron chi connectivity index (χ0n) is 16.2. The van der Waals surface area contributed by atoms with E-state index in [9.17, 15) is 4.39 Å². The van der Waals surface area contributed by atoms with Gasteiger partial charge < -0.3 is 19.4 Å². The van der Waals surface area contributed by atoms with Crippen LogP contribution in [0.15, 0.2) is 18.2 Å². The fraction of sp³-hybridized carbons (Fsp3) is 0.684. The first-order chi connectivity index (χ1) is 11.8. The highest BCUT2D eigenvalue weighted by Crippen LogP contribution is 2.36. The second-order valence-electron chi connectivity index (χ2n) is 7.64. The van der Waals surface area contributed by atoms with Crippen LogP contribution in [0.1, 0.15) is 53.4 Å². The molecule has 1 N–H and O–H groups in total. The van der Waals surface area contributed by atoms with Gasteiger partial charge in [-0.15, -0.1) is 0 Å². The molecule has 4 nitrogen and oxygen atoms in total. The number of nitrogens with one attached hydrogen (secondary N) is 1. The minimum absolute atomic E-state index is 0.356. The molecule has 25 heavy (non-hydrogen) atoms. The van der Waals surface area contributed by atoms with E-state index < -0.39 is 18.3 Å². The third-order valence-electron chi connectivity index (χ3n) is 5.07. The molecule has 1 aromatic carbocycles. The molecule has 1 aliphatic rings. The highest BCUT2D eigenvalue weighted by molar-refractivity contribution is 6.62. The Morgan fingerprint density at radius 3 is 2.28 bits per heavy atom. The van der Waals surface area contributed by atoms with Crippen molar-refractivity contribution in [1.82, 2.24) is 5.32 Å². The smallest absolute Gasteiger partial charge is 0.493 e. The third kappa shape index (κ3) is 5.19. The Hall–Kier alpha value is -1.11. The lowest BCUT2D eigenvalue weighted by molar-refractivity contribution is 0.00578. The predicted octanol–water partition coefficient (Wildman–Crippen LogP) is 3.28. The minimum atomic E-state index is -0.689. The monoisotopic (exact) mass is 351 g/mol. The van der Waals surface area contributed by atoms with E-state index in [1.807, 2.05) is 34.7 Å². The largest absolute Gasteiger partial charge is 0.497 e. The molecule has 0 bridgehead atoms. The zero-order chi connectivity index (χ0) is 18.5. The van der Waals surface area contributed by atoms with Crippen molar-refractivity contribution in [2.45, 2.75) is 64.6 Å². The van der Waals surface area contributed by atoms with E-state index in [1.165, 1.54) is 18.9 Å². The predicted molar refractivity (Wildman–Crippen MR) is 100 cm³/mol. The molecule has 0 amide bonds. The van der Waals surface area contributed by atoms with Crippen LogP contribution in [0.3, 0.4) is 0 Å². The second kappa shape index (κ2) is 8.52. The minimum Gasteiger partial charge on any atom is -0.493 e. The Kier molecular flexibility index (Phi) is 6.89. The van der Waals surface area contributed by atoms with E-state index in [0.29, 0.717) is 17.8 Å². The molecular formula is C19H31BFNO3. The van der Waals surface area contributed by atoms with Gasteiger partial charge in [-0.2, -0.15) is 0 Å². The van der Waals surface area contributed by atoms with Gasteiger partial charge in [0.15, 0.2) is 0 Å². The number of hydrogen-bond acceptors (Lipinski definition) is 4. The Bertz CT molecular complexity index is 550. The van der Waals surface area contributed by atoms with E-state index in [-0.39, 0.29) is 5.82 Å². The van der Waals surface area contributed by atoms with Crippen LogP contribution in [0, 0.1) is 5.82 Å². The number of hydrogen-bond donors (Lipinski definition) is 1. The van der Waals surface area contributed by atoms with Gasteiger partial charge in [-0.05, 0) is 60.2 Å². The van der Waals surface area contributed by atoms with Gasteiger partial charge in [-0.1, -0.05) is 18.9 Å². The highest BCUT2D eigenvalue weighted by atomic mass is 19.1. The number of benzene rings is 1. The van der Waals surface area contributed by atoms with Crippen molar-refractivity contribution in [1.29, 1.82) is 0 Å². The van der Waals surface area contributed by atoms with E-state index in [2.05, 4.69) is 5.32 Å². The fourth-order valence-corrected chi connectivity index (χ4v) is 2.71. The van der Waals surface area contributed by atoms with Gasteiger partial charge in [-0.25, -0.2) is 4.39 Å². The molecular weight excluding hydrogens is 320 g/mol. The molecule has 1 heterocycles. The molecule has 0 aliphatic carbocycles. The number of halogens is 1. The molecule has 1 aliphatic heterocycles. The molecule has 0 aromatic heterocycles. The molecule has 0 saturated carbocycles. The van der Waals surface area contributed by atoms with Crippen molar-refractivity contribution in [3.63, 3.8) is 0 Å². The molecule has 6 heteroatoms. The van der Waals surface area contributed by atoms with Gasteiger partial charge >= 0.3 is 7.12 Å². The van der Waals surface area contributed by atoms with Crippen LogP contribution >= 0.6 is 0 Å². The average molecular weight is 351 g/mol. The lowest BCUT2D eigenvalue weighted by Gasteiger charge is -2.32. The Morgan fingerprint density at radius 1 is 1.04 bits per heavy atom. The summed E-state index contributed by atoms with van der Waals surface area (Å²) in [6, 6.07) is 4.89. The lowest BCUT2D eigenvalue weighted by atomic mass is 9.78. The second-order valence-corrected chi connectivity index (χ2v) is 7.64. The summed E-state index contributed by atoms with van der Waals surface area (Å²) in [7, 11) is 1.27. The fourth-order valence-electron chi connectivity index (χ4n) is 2.71. The Labute approximate surface area is 151 Å². The van der Waals surface area contributed by atoms with E-state index >= 15 is 0 Å². The molecule has 0 unspecified atom stereocenters. The molecule has 1 aromatic rings. The average Bonchev–Trinajstić information content (AvgIpc) is 2.74. The summed E-state index contributed by atoms with van der Waals surface area (Å²) in [4.78, 5) is 0. The molecule has 0 radical (unpaired) electrons. The molecule has 1 saturated heterocycles. The summed E-state index contributed by atoms with van der Waals surface area (Å²) in [5.74, 6) is 0.193. The van der Waals surface area contributed by atoms with Crippen LogP contribution < -0.4 is 15.5 Å². The SMILES string of the molecule is CNCCCCCCOc1ccc(B2OC(C)(C)C(C)(C)O2)c(F)c1. The maximum atomic E-state index is 14.5. The normalized spacial score (nSPS) is 18.6. The number of unbranched alkanes of at least 4 members (excludes halogenated alkanes) is 3. The maximum absolute atomic E-state index is 14.5. The highest BCUT2D eigenvalue weighted by Gasteiger charge is 2.52. The molecule has 1 fully saturated rings. The van der Waals surface area contributed by atoms with Crippen molar-refractivity contribution in [3.8, 4) is 5.75 Å². The van der Waals surface area contributed by atoms with Crippen LogP contribution in [0.4, 0.5) is 4.39 Å². The molecule has 0 spiro atoms. The van der Waals surface area contributed by atoms with Crippen molar-refractivity contribution in [2.75, 3.05) is 20.2 Å². The Balaban J connectivity index is 1.85. The van der Waals surface area contributed by atoms with E-state index in [0.717, 1.165) is 19.4 Å². The van der Waals surface area contributed by atoms with Gasteiger partial charge in [0, 0.05) is 11.5 Å². The standard InChI is InChI=1S/C19H31BFNO3/c1-18(2)19(3,4)25-20(24-18)16-11-10-15(14-17(16)21)23-13-9-7-6-8-12-22-5/h10-11,14,22H,6-9,12-13H2,1-5H3. The number of ether oxygens (including phenoxy) is 1. The van der Waals surface area contributed by atoms with Gasteiger partial charge in [0.2, 0.25) is 0 Å². The van der Waals surface area contributed by atoms with Gasteiger partial charge in [0.1, 0.15) is 11.6 Å². The summed E-state index contributed by atoms with van der Waals surface area (Å²) in [6.07, 6.45) is 4.45. The number of rotatable bonds is 9. The first kappa shape index (κ1) is 20.2. The third-order valence-corrected chi connectivity index (χ3v) is 5.07. The van der Waals surface area contributed by atoms with E-state index in [1.54, 1.807) is 12.1 Å². The van der Waals surface area contributed by atoms with Gasteiger partial charge in [0.05, 0.1) is 17.8 Å².